The highest BCUT2D eigenvalue weighted by Gasteiger charge is 2.42. The Bertz CT molecular complexity index is 1750. The molecule has 3 amide bonds. The van der Waals surface area contributed by atoms with Gasteiger partial charge in [-0.2, -0.15) is 13.2 Å². The van der Waals surface area contributed by atoms with Crippen LogP contribution in [-0.2, 0) is 16.6 Å². The number of aliphatic hydroxyl groups is 1. The molecule has 2 saturated heterocycles. The van der Waals surface area contributed by atoms with Gasteiger partial charge in [-0.1, -0.05) is 6.58 Å². The maximum atomic E-state index is 13.6. The normalized spacial score (nSPS) is 19.0. The molecule has 4 aromatic heterocycles. The van der Waals surface area contributed by atoms with E-state index in [-0.39, 0.29) is 47.7 Å². The number of carbonyl (C=O) groups excluding carboxylic acids is 2. The number of nitrogens with two attached hydrogens (primary N) is 1. The largest absolute Gasteiger partial charge is 0.433 e. The number of imidazole rings is 1. The van der Waals surface area contributed by atoms with Gasteiger partial charge in [-0.05, 0) is 42.5 Å². The number of piperazine rings is 1. The van der Waals surface area contributed by atoms with Crippen molar-refractivity contribution in [3.05, 3.63) is 72.8 Å². The fourth-order valence-corrected chi connectivity index (χ4v) is 5.55. The number of hydrogen-bond donors (Lipinski definition) is 2. The summed E-state index contributed by atoms with van der Waals surface area (Å²) in [6.45, 7) is 5.32. The standard InChI is InChI=1S/C29H28F3N9O3/c1-2-23(42)38-12-14-39(15-13-38)27(43)40-11-9-28(44,17-40)21-7-5-18(16-35-21)41-25(19-4-3-10-34-24(19)33)36-20-6-8-22(29(30,31)32)37-26(20)41/h2-8,10,16,44H,1,9,11-15,17H2,(H2,33,34)/t28-/m0/s1. The first-order valence-electron chi connectivity index (χ1n) is 13.8. The SMILES string of the molecule is C=CC(=O)N1CCN(C(=O)N2CC[C@@](O)(c3ccc(-n4c(-c5cccnc5N)nc5ccc(C(F)(F)F)nc54)cn3)C2)CC1. The van der Waals surface area contributed by atoms with Crippen LogP contribution in [0.5, 0.6) is 0 Å². The van der Waals surface area contributed by atoms with E-state index in [1.165, 1.54) is 29.1 Å². The fourth-order valence-electron chi connectivity index (χ4n) is 5.55. The number of pyridine rings is 3. The molecule has 228 valence electrons. The van der Waals surface area contributed by atoms with Crippen molar-refractivity contribution in [1.82, 2.24) is 39.2 Å². The van der Waals surface area contributed by atoms with Crippen molar-refractivity contribution in [2.45, 2.75) is 18.2 Å². The number of halogens is 3. The number of rotatable bonds is 4. The van der Waals surface area contributed by atoms with E-state index < -0.39 is 17.5 Å². The molecule has 12 nitrogen and oxygen atoms in total. The molecule has 0 bridgehead atoms. The number of likely N-dealkylation sites (tertiary alicyclic amines) is 1. The van der Waals surface area contributed by atoms with Crippen LogP contribution in [0.15, 0.2) is 61.4 Å². The van der Waals surface area contributed by atoms with E-state index in [0.717, 1.165) is 6.07 Å². The van der Waals surface area contributed by atoms with Crippen molar-refractivity contribution in [3.63, 3.8) is 0 Å². The van der Waals surface area contributed by atoms with Crippen LogP contribution >= 0.6 is 0 Å². The van der Waals surface area contributed by atoms with Gasteiger partial charge in [0.1, 0.15) is 22.6 Å². The van der Waals surface area contributed by atoms with Gasteiger partial charge in [0.25, 0.3) is 0 Å². The first-order valence-corrected chi connectivity index (χ1v) is 13.8. The van der Waals surface area contributed by atoms with Crippen molar-refractivity contribution in [3.8, 4) is 17.1 Å². The maximum Gasteiger partial charge on any atom is 0.433 e. The van der Waals surface area contributed by atoms with Gasteiger partial charge in [-0.25, -0.2) is 19.7 Å². The second-order valence-electron chi connectivity index (χ2n) is 10.6. The number of aromatic nitrogens is 5. The Morgan fingerprint density at radius 2 is 1.73 bits per heavy atom. The smallest absolute Gasteiger partial charge is 0.383 e. The van der Waals surface area contributed by atoms with Crippen molar-refractivity contribution in [2.75, 3.05) is 45.0 Å². The van der Waals surface area contributed by atoms with E-state index in [0.29, 0.717) is 49.7 Å². The summed E-state index contributed by atoms with van der Waals surface area (Å²) in [4.78, 5) is 46.8. The van der Waals surface area contributed by atoms with E-state index in [1.807, 2.05) is 0 Å². The minimum atomic E-state index is -4.68. The Labute approximate surface area is 249 Å². The van der Waals surface area contributed by atoms with E-state index in [1.54, 1.807) is 39.0 Å². The molecule has 4 aromatic rings. The van der Waals surface area contributed by atoms with Gasteiger partial charge >= 0.3 is 12.2 Å². The lowest BCUT2D eigenvalue weighted by atomic mass is 9.98. The molecule has 44 heavy (non-hydrogen) atoms. The summed E-state index contributed by atoms with van der Waals surface area (Å²) < 4.78 is 42.1. The summed E-state index contributed by atoms with van der Waals surface area (Å²) in [6, 6.07) is 8.31. The number of β-amino-alcohol motifs (C(OH)–C–C–N with tert-alkyl or cyclic N) is 1. The summed E-state index contributed by atoms with van der Waals surface area (Å²) in [5, 5.41) is 11.5. The van der Waals surface area contributed by atoms with Crippen LogP contribution in [0.3, 0.4) is 0 Å². The van der Waals surface area contributed by atoms with Gasteiger partial charge in [0.15, 0.2) is 11.5 Å². The number of anilines is 1. The molecule has 0 radical (unpaired) electrons. The summed E-state index contributed by atoms with van der Waals surface area (Å²) in [7, 11) is 0. The molecule has 2 aliphatic heterocycles. The van der Waals surface area contributed by atoms with Crippen molar-refractivity contribution in [2.24, 2.45) is 0 Å². The number of alkyl halides is 3. The molecular formula is C29H28F3N9O3. The van der Waals surface area contributed by atoms with E-state index in [9.17, 15) is 27.9 Å². The van der Waals surface area contributed by atoms with Gasteiger partial charge in [-0.3, -0.25) is 14.3 Å². The molecule has 0 saturated carbocycles. The minimum absolute atomic E-state index is 0.00591. The molecule has 15 heteroatoms. The lowest BCUT2D eigenvalue weighted by molar-refractivity contribution is -0.141. The van der Waals surface area contributed by atoms with Gasteiger partial charge < -0.3 is 25.5 Å². The van der Waals surface area contributed by atoms with E-state index >= 15 is 0 Å². The number of carbonyl (C=O) groups is 2. The molecule has 2 fully saturated rings. The first kappa shape index (κ1) is 29.0. The lowest BCUT2D eigenvalue weighted by Crippen LogP contribution is -2.53. The molecule has 2 aliphatic rings. The average Bonchev–Trinajstić information content (AvgIpc) is 3.61. The Kier molecular flexibility index (Phi) is 7.19. The minimum Gasteiger partial charge on any atom is -0.383 e. The summed E-state index contributed by atoms with van der Waals surface area (Å²) in [5.41, 5.74) is 4.74. The van der Waals surface area contributed by atoms with Crippen LogP contribution in [0, 0.1) is 0 Å². The van der Waals surface area contributed by atoms with Gasteiger partial charge in [0.2, 0.25) is 5.91 Å². The number of amides is 3. The number of hydrogen-bond acceptors (Lipinski definition) is 8. The van der Waals surface area contributed by atoms with Crippen LogP contribution in [0.4, 0.5) is 23.8 Å². The van der Waals surface area contributed by atoms with Gasteiger partial charge in [0, 0.05) is 45.3 Å². The van der Waals surface area contributed by atoms with Gasteiger partial charge in [0.05, 0.1) is 29.7 Å². The summed E-state index contributed by atoms with van der Waals surface area (Å²) >= 11 is 0. The molecule has 1 atom stereocenters. The molecule has 0 unspecified atom stereocenters. The third-order valence-corrected chi connectivity index (χ3v) is 7.91. The Morgan fingerprint density at radius 3 is 2.39 bits per heavy atom. The van der Waals surface area contributed by atoms with Crippen LogP contribution in [0.25, 0.3) is 28.2 Å². The van der Waals surface area contributed by atoms with Crippen molar-refractivity contribution >= 4 is 28.9 Å². The number of nitrogen functional groups attached to an aromatic ring is 1. The molecule has 6 rings (SSSR count). The van der Waals surface area contributed by atoms with Crippen molar-refractivity contribution in [1.29, 1.82) is 0 Å². The zero-order chi connectivity index (χ0) is 31.2. The predicted molar refractivity (Wildman–Crippen MR) is 153 cm³/mol. The number of fused-ring (bicyclic) bond motifs is 1. The van der Waals surface area contributed by atoms with Crippen LogP contribution in [0.1, 0.15) is 17.8 Å². The highest BCUT2D eigenvalue weighted by molar-refractivity contribution is 5.87. The van der Waals surface area contributed by atoms with Crippen LogP contribution < -0.4 is 5.73 Å². The maximum absolute atomic E-state index is 13.6. The Balaban J connectivity index is 1.28. The molecule has 0 aromatic carbocycles. The number of nitrogens with zero attached hydrogens (tertiary/aromatic N) is 8. The van der Waals surface area contributed by atoms with Crippen LogP contribution in [0.2, 0.25) is 0 Å². The van der Waals surface area contributed by atoms with E-state index in [4.69, 9.17) is 5.73 Å². The Hall–Kier alpha value is -5.05. The Morgan fingerprint density at radius 1 is 0.977 bits per heavy atom. The van der Waals surface area contributed by atoms with E-state index in [2.05, 4.69) is 26.5 Å². The highest BCUT2D eigenvalue weighted by atomic mass is 19.4. The van der Waals surface area contributed by atoms with Crippen molar-refractivity contribution < 1.29 is 27.9 Å². The quantitative estimate of drug-likeness (QED) is 0.337. The monoisotopic (exact) mass is 607 g/mol. The third kappa shape index (κ3) is 5.19. The molecule has 6 heterocycles. The van der Waals surface area contributed by atoms with Gasteiger partial charge in [-0.15, -0.1) is 0 Å². The zero-order valence-electron chi connectivity index (χ0n) is 23.4. The molecule has 3 N–H and O–H groups in total. The second kappa shape index (κ2) is 10.9. The average molecular weight is 608 g/mol. The fraction of sp³-hybridized carbons (Fsp3) is 0.310. The zero-order valence-corrected chi connectivity index (χ0v) is 23.4. The predicted octanol–water partition coefficient (Wildman–Crippen LogP) is 2.82. The molecule has 0 spiro atoms. The van der Waals surface area contributed by atoms with Crippen LogP contribution in [-0.4, -0.2) is 95.5 Å². The number of urea groups is 1. The lowest BCUT2D eigenvalue weighted by Gasteiger charge is -2.36. The first-order chi connectivity index (χ1) is 21.0. The molecule has 0 aliphatic carbocycles. The molecular weight excluding hydrogens is 579 g/mol. The second-order valence-corrected chi connectivity index (χ2v) is 10.6. The third-order valence-electron chi connectivity index (χ3n) is 7.91. The highest BCUT2D eigenvalue weighted by Crippen LogP contribution is 2.35. The summed E-state index contributed by atoms with van der Waals surface area (Å²) in [5.74, 6) is 0.167. The topological polar surface area (TPSA) is 147 Å². The summed E-state index contributed by atoms with van der Waals surface area (Å²) in [6.07, 6.45) is -0.293.